The van der Waals surface area contributed by atoms with Gasteiger partial charge in [-0.25, -0.2) is 13.8 Å². The largest absolute Gasteiger partial charge is 0.436 e. The van der Waals surface area contributed by atoms with Crippen molar-refractivity contribution in [1.82, 2.24) is 4.98 Å². The molecule has 0 aliphatic heterocycles. The van der Waals surface area contributed by atoms with E-state index < -0.39 is 11.6 Å². The zero-order valence-electron chi connectivity index (χ0n) is 9.45. The van der Waals surface area contributed by atoms with Crippen molar-refractivity contribution in [2.75, 3.05) is 5.73 Å². The Morgan fingerprint density at radius 3 is 2.47 bits per heavy atom. The quantitative estimate of drug-likeness (QED) is 0.685. The van der Waals surface area contributed by atoms with Gasteiger partial charge >= 0.3 is 0 Å². The molecular weight excluding hydrogens is 318 g/mol. The van der Waals surface area contributed by atoms with Gasteiger partial charge in [0.05, 0.1) is 0 Å². The van der Waals surface area contributed by atoms with Crippen LogP contribution in [0.1, 0.15) is 0 Å². The normalized spacial score (nSPS) is 11.1. The molecule has 96 valence electrons. The molecule has 0 spiro atoms. The average molecular weight is 325 g/mol. The topological polar surface area (TPSA) is 52.0 Å². The summed E-state index contributed by atoms with van der Waals surface area (Å²) in [5.41, 5.74) is 6.69. The maximum atomic E-state index is 13.8. The van der Waals surface area contributed by atoms with E-state index in [1.807, 2.05) is 0 Å². The summed E-state index contributed by atoms with van der Waals surface area (Å²) in [6, 6.07) is 7.14. The maximum Gasteiger partial charge on any atom is 0.233 e. The summed E-state index contributed by atoms with van der Waals surface area (Å²) >= 11 is 3.02. The third-order valence-corrected chi connectivity index (χ3v) is 3.09. The molecule has 2 N–H and O–H groups in total. The summed E-state index contributed by atoms with van der Waals surface area (Å²) < 4.78 is 33.3. The number of aromatic nitrogens is 1. The molecule has 0 radical (unpaired) electrons. The Bertz CT molecular complexity index is 762. The highest BCUT2D eigenvalue weighted by Gasteiger charge is 2.18. The predicted octanol–water partition coefficient (Wildman–Crippen LogP) is 4.12. The van der Waals surface area contributed by atoms with Crippen molar-refractivity contribution in [2.24, 2.45) is 0 Å². The molecule has 3 nitrogen and oxygen atoms in total. The lowest BCUT2D eigenvalue weighted by Gasteiger charge is -2.00. The Kier molecular flexibility index (Phi) is 2.74. The number of halogens is 3. The number of hydrogen-bond donors (Lipinski definition) is 1. The van der Waals surface area contributed by atoms with Gasteiger partial charge in [0, 0.05) is 16.2 Å². The fraction of sp³-hybridized carbons (Fsp3) is 0. The van der Waals surface area contributed by atoms with E-state index in [1.54, 1.807) is 18.2 Å². The second-order valence-electron chi connectivity index (χ2n) is 3.99. The molecule has 0 unspecified atom stereocenters. The number of nitrogen functional groups attached to an aromatic ring is 1. The highest BCUT2D eigenvalue weighted by Crippen LogP contribution is 2.31. The molecule has 19 heavy (non-hydrogen) atoms. The molecule has 6 heteroatoms. The Labute approximate surface area is 115 Å². The van der Waals surface area contributed by atoms with Crippen molar-refractivity contribution in [3.05, 3.63) is 46.4 Å². The molecule has 0 atom stereocenters. The van der Waals surface area contributed by atoms with Gasteiger partial charge < -0.3 is 10.2 Å². The summed E-state index contributed by atoms with van der Waals surface area (Å²) in [5, 5.41) is 0. The van der Waals surface area contributed by atoms with Crippen LogP contribution >= 0.6 is 15.9 Å². The number of rotatable bonds is 1. The minimum atomic E-state index is -0.744. The number of benzene rings is 2. The number of nitrogens with two attached hydrogens (primary N) is 1. The lowest BCUT2D eigenvalue weighted by atomic mass is 10.2. The number of hydrogen-bond acceptors (Lipinski definition) is 3. The van der Waals surface area contributed by atoms with Crippen molar-refractivity contribution in [1.29, 1.82) is 0 Å². The molecule has 0 aliphatic rings. The standard InChI is InChI=1S/C13H7BrF2N2O/c14-6-3-8(15)12(9(16)4-6)13-18-10-2-1-7(17)5-11(10)19-13/h1-5H,17H2. The van der Waals surface area contributed by atoms with Crippen LogP contribution in [0.5, 0.6) is 0 Å². The maximum absolute atomic E-state index is 13.8. The zero-order valence-corrected chi connectivity index (χ0v) is 11.0. The molecule has 0 amide bonds. The van der Waals surface area contributed by atoms with Crippen LogP contribution in [0, 0.1) is 11.6 Å². The Hall–Kier alpha value is -1.95. The van der Waals surface area contributed by atoms with Gasteiger partial charge in [-0.2, -0.15) is 0 Å². The number of nitrogens with zero attached hydrogens (tertiary/aromatic N) is 1. The summed E-state index contributed by atoms with van der Waals surface area (Å²) in [6.45, 7) is 0. The first-order valence-electron chi connectivity index (χ1n) is 5.35. The first-order valence-corrected chi connectivity index (χ1v) is 6.15. The fourth-order valence-electron chi connectivity index (χ4n) is 1.79. The Morgan fingerprint density at radius 2 is 1.79 bits per heavy atom. The summed E-state index contributed by atoms with van der Waals surface area (Å²) in [7, 11) is 0. The number of oxazole rings is 1. The lowest BCUT2D eigenvalue weighted by Crippen LogP contribution is -1.90. The summed E-state index contributed by atoms with van der Waals surface area (Å²) in [5.74, 6) is -1.60. The van der Waals surface area contributed by atoms with Crippen molar-refractivity contribution >= 4 is 32.7 Å². The molecule has 3 rings (SSSR count). The highest BCUT2D eigenvalue weighted by atomic mass is 79.9. The van der Waals surface area contributed by atoms with Crippen LogP contribution in [-0.2, 0) is 0 Å². The molecule has 1 aromatic heterocycles. The molecular formula is C13H7BrF2N2O. The van der Waals surface area contributed by atoms with E-state index in [2.05, 4.69) is 20.9 Å². The molecule has 2 aromatic carbocycles. The highest BCUT2D eigenvalue weighted by molar-refractivity contribution is 9.10. The van der Waals surface area contributed by atoms with Crippen LogP contribution in [-0.4, -0.2) is 4.98 Å². The number of fused-ring (bicyclic) bond motifs is 1. The first kappa shape index (κ1) is 12.1. The van der Waals surface area contributed by atoms with Gasteiger partial charge in [-0.15, -0.1) is 0 Å². The van der Waals surface area contributed by atoms with Crippen molar-refractivity contribution < 1.29 is 13.2 Å². The molecule has 0 saturated heterocycles. The van der Waals surface area contributed by atoms with E-state index in [0.29, 0.717) is 21.3 Å². The van der Waals surface area contributed by atoms with Gasteiger partial charge in [-0.1, -0.05) is 15.9 Å². The van der Waals surface area contributed by atoms with Crippen LogP contribution in [0.2, 0.25) is 0 Å². The van der Waals surface area contributed by atoms with E-state index in [1.165, 1.54) is 0 Å². The third-order valence-electron chi connectivity index (χ3n) is 2.63. The fourth-order valence-corrected chi connectivity index (χ4v) is 2.20. The molecule has 0 aliphatic carbocycles. The predicted molar refractivity (Wildman–Crippen MR) is 71.5 cm³/mol. The molecule has 1 heterocycles. The van der Waals surface area contributed by atoms with Crippen LogP contribution in [0.4, 0.5) is 14.5 Å². The Balaban J connectivity index is 2.24. The van der Waals surface area contributed by atoms with Gasteiger partial charge in [0.2, 0.25) is 5.89 Å². The summed E-state index contributed by atoms with van der Waals surface area (Å²) in [4.78, 5) is 4.06. The molecule has 3 aromatic rings. The minimum absolute atomic E-state index is 0.108. The van der Waals surface area contributed by atoms with E-state index >= 15 is 0 Å². The zero-order chi connectivity index (χ0) is 13.6. The molecule has 0 fully saturated rings. The Morgan fingerprint density at radius 1 is 1.11 bits per heavy atom. The van der Waals surface area contributed by atoms with E-state index in [-0.39, 0.29) is 11.5 Å². The molecule has 0 saturated carbocycles. The van der Waals surface area contributed by atoms with Crippen LogP contribution in [0.3, 0.4) is 0 Å². The minimum Gasteiger partial charge on any atom is -0.436 e. The van der Waals surface area contributed by atoms with Crippen LogP contribution in [0.25, 0.3) is 22.6 Å². The van der Waals surface area contributed by atoms with E-state index in [4.69, 9.17) is 10.2 Å². The average Bonchev–Trinajstić information content (AvgIpc) is 2.69. The smallest absolute Gasteiger partial charge is 0.233 e. The van der Waals surface area contributed by atoms with E-state index in [9.17, 15) is 8.78 Å². The van der Waals surface area contributed by atoms with Gasteiger partial charge in [-0.3, -0.25) is 0 Å². The van der Waals surface area contributed by atoms with Crippen LogP contribution < -0.4 is 5.73 Å². The second-order valence-corrected chi connectivity index (χ2v) is 4.91. The van der Waals surface area contributed by atoms with Crippen molar-refractivity contribution in [2.45, 2.75) is 0 Å². The van der Waals surface area contributed by atoms with Gasteiger partial charge in [0.25, 0.3) is 0 Å². The van der Waals surface area contributed by atoms with Gasteiger partial charge in [-0.05, 0) is 24.3 Å². The third kappa shape index (κ3) is 2.08. The van der Waals surface area contributed by atoms with Crippen LogP contribution in [0.15, 0.2) is 39.2 Å². The summed E-state index contributed by atoms with van der Waals surface area (Å²) in [6.07, 6.45) is 0. The van der Waals surface area contributed by atoms with Gasteiger partial charge in [0.1, 0.15) is 22.7 Å². The lowest BCUT2D eigenvalue weighted by molar-refractivity contribution is 0.560. The van der Waals surface area contributed by atoms with Crippen molar-refractivity contribution in [3.8, 4) is 11.5 Å². The second kappa shape index (κ2) is 4.31. The molecule has 0 bridgehead atoms. The van der Waals surface area contributed by atoms with Crippen molar-refractivity contribution in [3.63, 3.8) is 0 Å². The number of anilines is 1. The first-order chi connectivity index (χ1) is 9.04. The van der Waals surface area contributed by atoms with Gasteiger partial charge in [0.15, 0.2) is 5.58 Å². The monoisotopic (exact) mass is 324 g/mol. The SMILES string of the molecule is Nc1ccc2nc(-c3c(F)cc(Br)cc3F)oc2c1. The van der Waals surface area contributed by atoms with E-state index in [0.717, 1.165) is 12.1 Å².